The Balaban J connectivity index is 1.80. The van der Waals surface area contributed by atoms with E-state index in [1.807, 2.05) is 12.1 Å². The first kappa shape index (κ1) is 13.2. The summed E-state index contributed by atoms with van der Waals surface area (Å²) in [6.07, 6.45) is 7.25. The van der Waals surface area contributed by atoms with Gasteiger partial charge in [-0.15, -0.1) is 0 Å². The van der Waals surface area contributed by atoms with Crippen molar-refractivity contribution in [1.29, 1.82) is 0 Å². The minimum Gasteiger partial charge on any atom is -0.392 e. The summed E-state index contributed by atoms with van der Waals surface area (Å²) in [5.41, 5.74) is 0.608. The number of aliphatic hydroxyl groups is 1. The molecule has 106 valence electrons. The SMILES string of the molecule is CC1(CNc2ncnc3ncccc23)CCCCC1O. The maximum absolute atomic E-state index is 10.2. The summed E-state index contributed by atoms with van der Waals surface area (Å²) in [5, 5.41) is 14.5. The molecular weight excluding hydrogens is 252 g/mol. The Hall–Kier alpha value is -1.75. The van der Waals surface area contributed by atoms with Crippen LogP contribution in [-0.2, 0) is 0 Å². The Morgan fingerprint density at radius 2 is 2.25 bits per heavy atom. The second-order valence-electron chi connectivity index (χ2n) is 5.87. The van der Waals surface area contributed by atoms with Crippen molar-refractivity contribution in [2.24, 2.45) is 5.41 Å². The molecule has 0 spiro atoms. The molecule has 0 aliphatic heterocycles. The fraction of sp³-hybridized carbons (Fsp3) is 0.533. The molecule has 1 fully saturated rings. The normalized spacial score (nSPS) is 26.6. The lowest BCUT2D eigenvalue weighted by molar-refractivity contribution is 0.00960. The van der Waals surface area contributed by atoms with E-state index in [1.54, 1.807) is 6.20 Å². The van der Waals surface area contributed by atoms with E-state index in [0.717, 1.165) is 37.0 Å². The first-order valence-corrected chi connectivity index (χ1v) is 7.17. The summed E-state index contributed by atoms with van der Waals surface area (Å²) in [4.78, 5) is 12.7. The van der Waals surface area contributed by atoms with Crippen LogP contribution in [0.5, 0.6) is 0 Å². The van der Waals surface area contributed by atoms with E-state index in [-0.39, 0.29) is 11.5 Å². The first-order chi connectivity index (χ1) is 9.69. The minimum absolute atomic E-state index is 0.0856. The van der Waals surface area contributed by atoms with Gasteiger partial charge < -0.3 is 10.4 Å². The van der Waals surface area contributed by atoms with Crippen LogP contribution in [0.2, 0.25) is 0 Å². The van der Waals surface area contributed by atoms with Gasteiger partial charge in [-0.05, 0) is 25.0 Å². The molecule has 2 aromatic heterocycles. The van der Waals surface area contributed by atoms with Gasteiger partial charge in [-0.2, -0.15) is 0 Å². The van der Waals surface area contributed by atoms with E-state index in [9.17, 15) is 5.11 Å². The smallest absolute Gasteiger partial charge is 0.164 e. The Morgan fingerprint density at radius 1 is 1.35 bits per heavy atom. The minimum atomic E-state index is -0.241. The lowest BCUT2D eigenvalue weighted by Gasteiger charge is -2.38. The molecule has 5 nitrogen and oxygen atoms in total. The highest BCUT2D eigenvalue weighted by Crippen LogP contribution is 2.36. The summed E-state index contributed by atoms with van der Waals surface area (Å²) in [5.74, 6) is 0.794. The number of aliphatic hydroxyl groups excluding tert-OH is 1. The van der Waals surface area contributed by atoms with Crippen molar-refractivity contribution >= 4 is 16.9 Å². The molecule has 2 atom stereocenters. The number of nitrogens with zero attached hydrogens (tertiary/aromatic N) is 3. The molecule has 0 saturated heterocycles. The number of fused-ring (bicyclic) bond motifs is 1. The molecule has 20 heavy (non-hydrogen) atoms. The van der Waals surface area contributed by atoms with Gasteiger partial charge in [0, 0.05) is 18.2 Å². The van der Waals surface area contributed by atoms with Crippen molar-refractivity contribution in [1.82, 2.24) is 15.0 Å². The van der Waals surface area contributed by atoms with Crippen LogP contribution in [0.4, 0.5) is 5.82 Å². The van der Waals surface area contributed by atoms with Gasteiger partial charge in [0.05, 0.1) is 11.5 Å². The molecule has 2 unspecified atom stereocenters. The molecule has 0 aromatic carbocycles. The Kier molecular flexibility index (Phi) is 3.53. The zero-order valence-corrected chi connectivity index (χ0v) is 11.7. The Bertz CT molecular complexity index is 598. The Morgan fingerprint density at radius 3 is 3.10 bits per heavy atom. The highest BCUT2D eigenvalue weighted by atomic mass is 16.3. The lowest BCUT2D eigenvalue weighted by Crippen LogP contribution is -2.41. The quantitative estimate of drug-likeness (QED) is 0.897. The molecule has 1 saturated carbocycles. The highest BCUT2D eigenvalue weighted by molar-refractivity contribution is 5.85. The average molecular weight is 272 g/mol. The van der Waals surface area contributed by atoms with E-state index in [1.165, 1.54) is 12.7 Å². The molecule has 1 aliphatic carbocycles. The molecular formula is C15H20N4O. The van der Waals surface area contributed by atoms with Gasteiger partial charge in [0.1, 0.15) is 12.1 Å². The predicted octanol–water partition coefficient (Wildman–Crippen LogP) is 2.38. The molecule has 0 radical (unpaired) electrons. The first-order valence-electron chi connectivity index (χ1n) is 7.17. The van der Waals surface area contributed by atoms with Crippen LogP contribution in [0, 0.1) is 5.41 Å². The molecule has 2 heterocycles. The average Bonchev–Trinajstić information content (AvgIpc) is 2.48. The van der Waals surface area contributed by atoms with Crippen LogP contribution < -0.4 is 5.32 Å². The predicted molar refractivity (Wildman–Crippen MR) is 78.4 cm³/mol. The second-order valence-corrected chi connectivity index (χ2v) is 5.87. The number of nitrogens with one attached hydrogen (secondary N) is 1. The standard InChI is InChI=1S/C15H20N4O/c1-15(7-3-2-6-12(15)20)9-17-14-11-5-4-8-16-13(11)18-10-19-14/h4-5,8,10,12,20H,2-3,6-7,9H2,1H3,(H,16,17,18,19). The van der Waals surface area contributed by atoms with Gasteiger partial charge in [0.2, 0.25) is 0 Å². The third-order valence-corrected chi connectivity index (χ3v) is 4.35. The highest BCUT2D eigenvalue weighted by Gasteiger charge is 2.35. The van der Waals surface area contributed by atoms with Crippen LogP contribution in [-0.4, -0.2) is 32.7 Å². The zero-order valence-electron chi connectivity index (χ0n) is 11.7. The summed E-state index contributed by atoms with van der Waals surface area (Å²) >= 11 is 0. The van der Waals surface area contributed by atoms with E-state index in [2.05, 4.69) is 27.2 Å². The zero-order chi connectivity index (χ0) is 14.0. The van der Waals surface area contributed by atoms with Crippen molar-refractivity contribution in [3.63, 3.8) is 0 Å². The summed E-state index contributed by atoms with van der Waals surface area (Å²) in [6.45, 7) is 2.86. The number of pyridine rings is 1. The van der Waals surface area contributed by atoms with Gasteiger partial charge in [0.25, 0.3) is 0 Å². The number of hydrogen-bond donors (Lipinski definition) is 2. The van der Waals surface area contributed by atoms with Gasteiger partial charge in [-0.3, -0.25) is 0 Å². The summed E-state index contributed by atoms with van der Waals surface area (Å²) in [7, 11) is 0. The number of aromatic nitrogens is 3. The van der Waals surface area contributed by atoms with Crippen LogP contribution in [0.25, 0.3) is 11.0 Å². The van der Waals surface area contributed by atoms with Crippen LogP contribution in [0.3, 0.4) is 0 Å². The second kappa shape index (κ2) is 5.32. The molecule has 2 N–H and O–H groups in total. The third-order valence-electron chi connectivity index (χ3n) is 4.35. The van der Waals surface area contributed by atoms with Gasteiger partial charge in [-0.25, -0.2) is 15.0 Å². The van der Waals surface area contributed by atoms with Gasteiger partial charge in [0.15, 0.2) is 5.65 Å². The summed E-state index contributed by atoms with van der Waals surface area (Å²) in [6, 6.07) is 3.85. The van der Waals surface area contributed by atoms with Crippen LogP contribution in [0.15, 0.2) is 24.7 Å². The largest absolute Gasteiger partial charge is 0.392 e. The molecule has 5 heteroatoms. The van der Waals surface area contributed by atoms with Crippen molar-refractivity contribution in [2.45, 2.75) is 38.7 Å². The topological polar surface area (TPSA) is 70.9 Å². The molecule has 0 amide bonds. The van der Waals surface area contributed by atoms with Crippen LogP contribution in [0.1, 0.15) is 32.6 Å². The van der Waals surface area contributed by atoms with E-state index < -0.39 is 0 Å². The monoisotopic (exact) mass is 272 g/mol. The van der Waals surface area contributed by atoms with Crippen molar-refractivity contribution in [3.8, 4) is 0 Å². The number of hydrogen-bond acceptors (Lipinski definition) is 5. The van der Waals surface area contributed by atoms with E-state index >= 15 is 0 Å². The maximum Gasteiger partial charge on any atom is 0.164 e. The fourth-order valence-corrected chi connectivity index (χ4v) is 2.91. The van der Waals surface area contributed by atoms with Gasteiger partial charge >= 0.3 is 0 Å². The van der Waals surface area contributed by atoms with Crippen LogP contribution >= 0.6 is 0 Å². The third kappa shape index (κ3) is 2.45. The molecule has 0 bridgehead atoms. The Labute approximate surface area is 118 Å². The molecule has 1 aliphatic rings. The number of anilines is 1. The molecule has 3 rings (SSSR count). The summed E-state index contributed by atoms with van der Waals surface area (Å²) < 4.78 is 0. The fourth-order valence-electron chi connectivity index (χ4n) is 2.91. The van der Waals surface area contributed by atoms with Crippen molar-refractivity contribution < 1.29 is 5.11 Å². The molecule has 2 aromatic rings. The number of rotatable bonds is 3. The van der Waals surface area contributed by atoms with Gasteiger partial charge in [-0.1, -0.05) is 19.8 Å². The maximum atomic E-state index is 10.2. The van der Waals surface area contributed by atoms with Crippen molar-refractivity contribution in [2.75, 3.05) is 11.9 Å². The van der Waals surface area contributed by atoms with E-state index in [4.69, 9.17) is 0 Å². The lowest BCUT2D eigenvalue weighted by atomic mass is 9.73. The van der Waals surface area contributed by atoms with E-state index in [0.29, 0.717) is 5.65 Å². The van der Waals surface area contributed by atoms with Crippen molar-refractivity contribution in [3.05, 3.63) is 24.7 Å².